The van der Waals surface area contributed by atoms with Gasteiger partial charge in [0.25, 0.3) is 0 Å². The lowest BCUT2D eigenvalue weighted by atomic mass is 9.99. The van der Waals surface area contributed by atoms with Crippen LogP contribution in [0.3, 0.4) is 0 Å². The molecular formula is C23H26N6O2. The third-order valence-corrected chi connectivity index (χ3v) is 5.60. The van der Waals surface area contributed by atoms with Crippen LogP contribution in [0, 0.1) is 0 Å². The molecule has 1 atom stereocenters. The van der Waals surface area contributed by atoms with Gasteiger partial charge >= 0.3 is 5.97 Å². The van der Waals surface area contributed by atoms with E-state index in [9.17, 15) is 9.90 Å². The summed E-state index contributed by atoms with van der Waals surface area (Å²) in [6.07, 6.45) is 4.45. The predicted molar refractivity (Wildman–Crippen MR) is 119 cm³/mol. The Morgan fingerprint density at radius 2 is 1.94 bits per heavy atom. The van der Waals surface area contributed by atoms with Crippen molar-refractivity contribution < 1.29 is 9.90 Å². The SMILES string of the molecule is CCCCCCn1c(C(C)C(=O)O)nc2cc(-c3ccccc3-c3nn[nH]n3)ccc21. The van der Waals surface area contributed by atoms with Crippen LogP contribution >= 0.6 is 0 Å². The molecular weight excluding hydrogens is 392 g/mol. The summed E-state index contributed by atoms with van der Waals surface area (Å²) in [5.41, 5.74) is 4.56. The molecule has 1 unspecified atom stereocenters. The van der Waals surface area contributed by atoms with Gasteiger partial charge in [-0.3, -0.25) is 4.79 Å². The topological polar surface area (TPSA) is 110 Å². The van der Waals surface area contributed by atoms with Crippen molar-refractivity contribution in [2.24, 2.45) is 0 Å². The van der Waals surface area contributed by atoms with Crippen LogP contribution in [0.15, 0.2) is 42.5 Å². The maximum atomic E-state index is 11.7. The number of rotatable bonds is 9. The van der Waals surface area contributed by atoms with Crippen molar-refractivity contribution in [3.63, 3.8) is 0 Å². The Bertz CT molecular complexity index is 1180. The molecule has 0 aliphatic heterocycles. The first-order chi connectivity index (χ1) is 15.1. The van der Waals surface area contributed by atoms with Crippen molar-refractivity contribution in [1.82, 2.24) is 30.2 Å². The highest BCUT2D eigenvalue weighted by Crippen LogP contribution is 2.32. The number of aliphatic carboxylic acids is 1. The maximum Gasteiger partial charge on any atom is 0.313 e. The molecule has 0 saturated heterocycles. The van der Waals surface area contributed by atoms with Crippen LogP contribution in [0.5, 0.6) is 0 Å². The summed E-state index contributed by atoms with van der Waals surface area (Å²) in [4.78, 5) is 16.4. The molecule has 160 valence electrons. The lowest BCUT2D eigenvalue weighted by Crippen LogP contribution is -2.14. The van der Waals surface area contributed by atoms with Gasteiger partial charge in [0, 0.05) is 12.1 Å². The normalized spacial score (nSPS) is 12.3. The molecule has 0 aliphatic carbocycles. The highest BCUT2D eigenvalue weighted by Gasteiger charge is 2.22. The van der Waals surface area contributed by atoms with Crippen LogP contribution in [0.4, 0.5) is 0 Å². The van der Waals surface area contributed by atoms with Crippen LogP contribution in [-0.2, 0) is 11.3 Å². The minimum absolute atomic E-state index is 0.525. The molecule has 0 spiro atoms. The second kappa shape index (κ2) is 9.07. The molecule has 2 N–H and O–H groups in total. The number of aromatic nitrogens is 6. The zero-order chi connectivity index (χ0) is 21.8. The number of unbranched alkanes of at least 4 members (excludes halogenated alkanes) is 3. The molecule has 0 radical (unpaired) electrons. The number of fused-ring (bicyclic) bond motifs is 1. The van der Waals surface area contributed by atoms with Crippen LogP contribution < -0.4 is 0 Å². The first kappa shape index (κ1) is 20.7. The van der Waals surface area contributed by atoms with Crippen LogP contribution in [-0.4, -0.2) is 41.3 Å². The van der Waals surface area contributed by atoms with Crippen molar-refractivity contribution in [2.75, 3.05) is 0 Å². The van der Waals surface area contributed by atoms with Gasteiger partial charge in [0.1, 0.15) is 11.7 Å². The standard InChI is InChI=1S/C23H26N6O2/c1-3-4-5-8-13-29-20-12-11-16(14-19(20)24-22(29)15(2)23(30)31)17-9-6-7-10-18(17)21-25-27-28-26-21/h6-7,9-12,14-15H,3-5,8,13H2,1-2H3,(H,30,31)(H,25,26,27,28). The lowest BCUT2D eigenvalue weighted by Gasteiger charge is -2.12. The third-order valence-electron chi connectivity index (χ3n) is 5.60. The number of tetrazole rings is 1. The molecule has 0 saturated carbocycles. The number of hydrogen-bond donors (Lipinski definition) is 2. The van der Waals surface area contributed by atoms with E-state index < -0.39 is 11.9 Å². The van der Waals surface area contributed by atoms with E-state index in [2.05, 4.69) is 32.1 Å². The number of benzene rings is 2. The van der Waals surface area contributed by atoms with Crippen molar-refractivity contribution in [3.05, 3.63) is 48.3 Å². The number of aryl methyl sites for hydroxylation is 1. The van der Waals surface area contributed by atoms with E-state index >= 15 is 0 Å². The van der Waals surface area contributed by atoms with E-state index in [-0.39, 0.29) is 0 Å². The quantitative estimate of drug-likeness (QED) is 0.383. The fraction of sp³-hybridized carbons (Fsp3) is 0.348. The molecule has 4 rings (SSSR count). The predicted octanol–water partition coefficient (Wildman–Crippen LogP) is 4.65. The zero-order valence-corrected chi connectivity index (χ0v) is 17.7. The Hall–Kier alpha value is -3.55. The van der Waals surface area contributed by atoms with Crippen molar-refractivity contribution in [3.8, 4) is 22.5 Å². The molecule has 0 fully saturated rings. The molecule has 8 heteroatoms. The lowest BCUT2D eigenvalue weighted by molar-refractivity contribution is -0.138. The van der Waals surface area contributed by atoms with E-state index in [1.807, 2.05) is 42.5 Å². The largest absolute Gasteiger partial charge is 0.481 e. The number of nitrogens with one attached hydrogen (secondary N) is 1. The Balaban J connectivity index is 1.77. The molecule has 2 heterocycles. The first-order valence-electron chi connectivity index (χ1n) is 10.7. The van der Waals surface area contributed by atoms with Crippen molar-refractivity contribution >= 4 is 17.0 Å². The average molecular weight is 419 g/mol. The Morgan fingerprint density at radius 3 is 2.65 bits per heavy atom. The smallest absolute Gasteiger partial charge is 0.313 e. The Morgan fingerprint density at radius 1 is 1.13 bits per heavy atom. The molecule has 0 amide bonds. The third kappa shape index (κ3) is 4.19. The number of imidazole rings is 1. The zero-order valence-electron chi connectivity index (χ0n) is 17.7. The number of H-pyrrole nitrogens is 1. The van der Waals surface area contributed by atoms with E-state index in [1.54, 1.807) is 6.92 Å². The molecule has 31 heavy (non-hydrogen) atoms. The van der Waals surface area contributed by atoms with Gasteiger partial charge in [-0.25, -0.2) is 4.98 Å². The van der Waals surface area contributed by atoms with Crippen LogP contribution in [0.2, 0.25) is 0 Å². The summed E-state index contributed by atoms with van der Waals surface area (Å²) >= 11 is 0. The number of nitrogens with zero attached hydrogens (tertiary/aromatic N) is 5. The molecule has 2 aromatic carbocycles. The van der Waals surface area contributed by atoms with Gasteiger partial charge in [-0.1, -0.05) is 56.5 Å². The highest BCUT2D eigenvalue weighted by molar-refractivity contribution is 5.88. The number of aromatic amines is 1. The molecule has 0 bridgehead atoms. The summed E-state index contributed by atoms with van der Waals surface area (Å²) in [7, 11) is 0. The summed E-state index contributed by atoms with van der Waals surface area (Å²) < 4.78 is 2.07. The number of carbonyl (C=O) groups is 1. The van der Waals surface area contributed by atoms with E-state index in [0.717, 1.165) is 53.5 Å². The number of carboxylic acids is 1. The van der Waals surface area contributed by atoms with E-state index in [0.29, 0.717) is 11.6 Å². The molecule has 4 aromatic rings. The minimum Gasteiger partial charge on any atom is -0.481 e. The molecule has 8 nitrogen and oxygen atoms in total. The Labute approximate surface area is 180 Å². The average Bonchev–Trinajstić information content (AvgIpc) is 3.44. The fourth-order valence-corrected chi connectivity index (χ4v) is 3.89. The van der Waals surface area contributed by atoms with Gasteiger partial charge in [-0.15, -0.1) is 10.2 Å². The van der Waals surface area contributed by atoms with E-state index in [1.165, 1.54) is 6.42 Å². The number of carboxylic acid groups (broad SMARTS) is 1. The second-order valence-corrected chi connectivity index (χ2v) is 7.73. The summed E-state index contributed by atoms with van der Waals surface area (Å²) in [6.45, 7) is 4.64. The number of hydrogen-bond acceptors (Lipinski definition) is 5. The van der Waals surface area contributed by atoms with Crippen LogP contribution in [0.25, 0.3) is 33.5 Å². The van der Waals surface area contributed by atoms with Gasteiger partial charge in [0.2, 0.25) is 5.82 Å². The minimum atomic E-state index is -0.868. The van der Waals surface area contributed by atoms with Crippen LogP contribution in [0.1, 0.15) is 51.3 Å². The highest BCUT2D eigenvalue weighted by atomic mass is 16.4. The monoisotopic (exact) mass is 418 g/mol. The molecule has 2 aromatic heterocycles. The Kier molecular flexibility index (Phi) is 6.06. The van der Waals surface area contributed by atoms with Crippen molar-refractivity contribution in [1.29, 1.82) is 0 Å². The van der Waals surface area contributed by atoms with E-state index in [4.69, 9.17) is 4.98 Å². The van der Waals surface area contributed by atoms with Gasteiger partial charge < -0.3 is 9.67 Å². The van der Waals surface area contributed by atoms with Gasteiger partial charge in [0.05, 0.1) is 11.0 Å². The summed E-state index contributed by atoms with van der Waals surface area (Å²) in [5, 5.41) is 24.0. The molecule has 0 aliphatic rings. The summed E-state index contributed by atoms with van der Waals surface area (Å²) in [6, 6.07) is 13.9. The van der Waals surface area contributed by atoms with Crippen molar-refractivity contribution in [2.45, 2.75) is 52.0 Å². The van der Waals surface area contributed by atoms with Gasteiger partial charge in [-0.05, 0) is 41.8 Å². The maximum absolute atomic E-state index is 11.7. The van der Waals surface area contributed by atoms with Gasteiger partial charge in [-0.2, -0.15) is 5.21 Å². The van der Waals surface area contributed by atoms with Gasteiger partial charge in [0.15, 0.2) is 0 Å². The summed E-state index contributed by atoms with van der Waals surface area (Å²) in [5.74, 6) is -0.415. The fourth-order valence-electron chi connectivity index (χ4n) is 3.89. The second-order valence-electron chi connectivity index (χ2n) is 7.73. The first-order valence-corrected chi connectivity index (χ1v) is 10.7.